The average Bonchev–Trinajstić information content (AvgIpc) is 2.89. The highest BCUT2D eigenvalue weighted by Crippen LogP contribution is 2.40. The zero-order valence-corrected chi connectivity index (χ0v) is 14.0. The van der Waals surface area contributed by atoms with Crippen LogP contribution in [0, 0.1) is 0 Å². The normalized spacial score (nSPS) is 13.4. The number of halogens is 1. The molecule has 0 amide bonds. The predicted octanol–water partition coefficient (Wildman–Crippen LogP) is 3.28. The number of aromatic nitrogens is 1. The molecule has 0 aliphatic carbocycles. The summed E-state index contributed by atoms with van der Waals surface area (Å²) in [4.78, 5) is 12.3. The van der Waals surface area contributed by atoms with Crippen molar-refractivity contribution in [2.24, 2.45) is 0 Å². The number of benzene rings is 1. The number of ether oxygens (including phenoxy) is 2. The zero-order valence-electron chi connectivity index (χ0n) is 13.2. The van der Waals surface area contributed by atoms with E-state index in [0.717, 1.165) is 11.3 Å². The predicted molar refractivity (Wildman–Crippen MR) is 87.7 cm³/mol. The smallest absolute Gasteiger partial charge is 0.254 e. The van der Waals surface area contributed by atoms with Crippen LogP contribution in [0.25, 0.3) is 0 Å². The number of fused-ring (bicyclic) bond motifs is 1. The standard InChI is InChI=1S/C17H18ClNO4/c1-17(2,3)14-6-11(20)7-15(21)19(14)8-10-4-12(18)16-13(5-10)22-9-23-16/h4-7,20H,8-9H2,1-3H3. The van der Waals surface area contributed by atoms with Gasteiger partial charge in [0.15, 0.2) is 11.5 Å². The van der Waals surface area contributed by atoms with Crippen LogP contribution in [0.15, 0.2) is 29.1 Å². The van der Waals surface area contributed by atoms with E-state index in [2.05, 4.69) is 0 Å². The van der Waals surface area contributed by atoms with Crippen molar-refractivity contribution in [3.63, 3.8) is 0 Å². The second-order valence-electron chi connectivity index (χ2n) is 6.58. The molecule has 5 nitrogen and oxygen atoms in total. The van der Waals surface area contributed by atoms with Crippen LogP contribution in [0.4, 0.5) is 0 Å². The Kier molecular flexibility index (Phi) is 3.76. The number of hydrogen-bond donors (Lipinski definition) is 1. The van der Waals surface area contributed by atoms with Gasteiger partial charge in [0, 0.05) is 23.2 Å². The molecule has 0 fully saturated rings. The summed E-state index contributed by atoms with van der Waals surface area (Å²) in [6, 6.07) is 6.42. The van der Waals surface area contributed by atoms with Crippen LogP contribution in [0.3, 0.4) is 0 Å². The Labute approximate surface area is 139 Å². The van der Waals surface area contributed by atoms with E-state index in [0.29, 0.717) is 23.1 Å². The molecule has 0 unspecified atom stereocenters. The second kappa shape index (κ2) is 5.49. The molecule has 0 radical (unpaired) electrons. The van der Waals surface area contributed by atoms with Gasteiger partial charge in [-0.15, -0.1) is 0 Å². The molecule has 0 saturated heterocycles. The molecular weight excluding hydrogens is 318 g/mol. The molecule has 1 aromatic heterocycles. The number of rotatable bonds is 2. The van der Waals surface area contributed by atoms with Crippen molar-refractivity contribution in [3.05, 3.63) is 50.9 Å². The van der Waals surface area contributed by atoms with Crippen molar-refractivity contribution < 1.29 is 14.6 Å². The molecule has 0 bridgehead atoms. The van der Waals surface area contributed by atoms with Gasteiger partial charge in [-0.3, -0.25) is 4.79 Å². The number of aromatic hydroxyl groups is 1. The van der Waals surface area contributed by atoms with E-state index in [4.69, 9.17) is 21.1 Å². The molecule has 122 valence electrons. The molecular formula is C17H18ClNO4. The minimum Gasteiger partial charge on any atom is -0.508 e. The molecule has 1 N–H and O–H groups in total. The first-order valence-corrected chi connectivity index (χ1v) is 7.66. The Morgan fingerprint density at radius 3 is 2.65 bits per heavy atom. The maximum Gasteiger partial charge on any atom is 0.254 e. The fourth-order valence-electron chi connectivity index (χ4n) is 2.66. The topological polar surface area (TPSA) is 60.7 Å². The third kappa shape index (κ3) is 3.01. The maximum absolute atomic E-state index is 12.3. The van der Waals surface area contributed by atoms with E-state index < -0.39 is 0 Å². The summed E-state index contributed by atoms with van der Waals surface area (Å²) in [6.45, 7) is 6.45. The first-order valence-electron chi connectivity index (χ1n) is 7.28. The van der Waals surface area contributed by atoms with Gasteiger partial charge in [0.05, 0.1) is 11.6 Å². The summed E-state index contributed by atoms with van der Waals surface area (Å²) in [5.74, 6) is 1.08. The van der Waals surface area contributed by atoms with Crippen molar-refractivity contribution in [1.29, 1.82) is 0 Å². The van der Waals surface area contributed by atoms with Gasteiger partial charge in [0.1, 0.15) is 5.75 Å². The summed E-state index contributed by atoms with van der Waals surface area (Å²) < 4.78 is 12.3. The molecule has 2 heterocycles. The first-order chi connectivity index (χ1) is 10.8. The van der Waals surface area contributed by atoms with Gasteiger partial charge in [-0.25, -0.2) is 0 Å². The Bertz CT molecular complexity index is 821. The number of hydrogen-bond acceptors (Lipinski definition) is 4. The molecule has 6 heteroatoms. The van der Waals surface area contributed by atoms with Gasteiger partial charge >= 0.3 is 0 Å². The summed E-state index contributed by atoms with van der Waals surface area (Å²) in [5.41, 5.74) is 1.02. The SMILES string of the molecule is CC(C)(C)c1cc(O)cc(=O)n1Cc1cc(Cl)c2c(c1)OCO2. The zero-order chi connectivity index (χ0) is 16.8. The van der Waals surface area contributed by atoms with Gasteiger partial charge in [-0.1, -0.05) is 32.4 Å². The molecule has 3 rings (SSSR count). The molecule has 1 aromatic carbocycles. The molecule has 1 aliphatic heterocycles. The highest BCUT2D eigenvalue weighted by Gasteiger charge is 2.22. The first kappa shape index (κ1) is 15.7. The van der Waals surface area contributed by atoms with Gasteiger partial charge in [0.25, 0.3) is 5.56 Å². The maximum atomic E-state index is 12.3. The third-order valence-corrected chi connectivity index (χ3v) is 3.99. The van der Waals surface area contributed by atoms with Gasteiger partial charge < -0.3 is 19.1 Å². The van der Waals surface area contributed by atoms with Crippen molar-refractivity contribution in [3.8, 4) is 17.2 Å². The van der Waals surface area contributed by atoms with Crippen molar-refractivity contribution in [2.45, 2.75) is 32.7 Å². The van der Waals surface area contributed by atoms with Crippen molar-refractivity contribution in [2.75, 3.05) is 6.79 Å². The highest BCUT2D eigenvalue weighted by molar-refractivity contribution is 6.32. The second-order valence-corrected chi connectivity index (χ2v) is 6.99. The van der Waals surface area contributed by atoms with Crippen molar-refractivity contribution >= 4 is 11.6 Å². The Balaban J connectivity index is 2.07. The quantitative estimate of drug-likeness (QED) is 0.915. The van der Waals surface area contributed by atoms with Crippen LogP contribution in [0.5, 0.6) is 17.2 Å². The van der Waals surface area contributed by atoms with Crippen LogP contribution in [-0.4, -0.2) is 16.5 Å². The lowest BCUT2D eigenvalue weighted by Crippen LogP contribution is -2.29. The summed E-state index contributed by atoms with van der Waals surface area (Å²) in [6.07, 6.45) is 0. The largest absolute Gasteiger partial charge is 0.508 e. The van der Waals surface area contributed by atoms with Gasteiger partial charge in [0.2, 0.25) is 6.79 Å². The number of pyridine rings is 1. The van der Waals surface area contributed by atoms with Crippen LogP contribution in [0.1, 0.15) is 32.0 Å². The van der Waals surface area contributed by atoms with E-state index >= 15 is 0 Å². The van der Waals surface area contributed by atoms with Gasteiger partial charge in [-0.05, 0) is 17.7 Å². The molecule has 0 saturated carbocycles. The lowest BCUT2D eigenvalue weighted by atomic mass is 9.91. The number of nitrogens with zero attached hydrogens (tertiary/aromatic N) is 1. The highest BCUT2D eigenvalue weighted by atomic mass is 35.5. The fraction of sp³-hybridized carbons (Fsp3) is 0.353. The molecule has 0 atom stereocenters. The van der Waals surface area contributed by atoms with Crippen LogP contribution in [0.2, 0.25) is 5.02 Å². The van der Waals surface area contributed by atoms with E-state index in [9.17, 15) is 9.90 Å². The Morgan fingerprint density at radius 2 is 1.96 bits per heavy atom. The van der Waals surface area contributed by atoms with E-state index in [1.54, 1.807) is 16.7 Å². The van der Waals surface area contributed by atoms with E-state index in [1.165, 1.54) is 6.07 Å². The Morgan fingerprint density at radius 1 is 1.22 bits per heavy atom. The third-order valence-electron chi connectivity index (χ3n) is 3.71. The average molecular weight is 336 g/mol. The molecule has 0 spiro atoms. The monoisotopic (exact) mass is 335 g/mol. The Hall–Kier alpha value is -2.14. The minimum absolute atomic E-state index is 0.0279. The van der Waals surface area contributed by atoms with E-state index in [-0.39, 0.29) is 23.5 Å². The summed E-state index contributed by atoms with van der Waals surface area (Å²) >= 11 is 6.20. The van der Waals surface area contributed by atoms with Crippen LogP contribution >= 0.6 is 11.6 Å². The summed E-state index contributed by atoms with van der Waals surface area (Å²) in [7, 11) is 0. The molecule has 2 aromatic rings. The fourth-order valence-corrected chi connectivity index (χ4v) is 2.95. The summed E-state index contributed by atoms with van der Waals surface area (Å²) in [5, 5.41) is 10.2. The van der Waals surface area contributed by atoms with Gasteiger partial charge in [-0.2, -0.15) is 0 Å². The molecule has 23 heavy (non-hydrogen) atoms. The molecule has 1 aliphatic rings. The van der Waals surface area contributed by atoms with Crippen LogP contribution in [-0.2, 0) is 12.0 Å². The lowest BCUT2D eigenvalue weighted by molar-refractivity contribution is 0.174. The minimum atomic E-state index is -0.294. The van der Waals surface area contributed by atoms with Crippen LogP contribution < -0.4 is 15.0 Å². The van der Waals surface area contributed by atoms with Crippen molar-refractivity contribution in [1.82, 2.24) is 4.57 Å². The lowest BCUT2D eigenvalue weighted by Gasteiger charge is -2.24. The van der Waals surface area contributed by atoms with E-state index in [1.807, 2.05) is 26.8 Å².